The minimum Gasteiger partial charge on any atom is -0.393 e. The van der Waals surface area contributed by atoms with E-state index < -0.39 is 0 Å². The average Bonchev–Trinajstić information content (AvgIpc) is 2.16. The molecule has 0 saturated carbocycles. The maximum atomic E-state index is 10.3. The van der Waals surface area contributed by atoms with E-state index in [-0.39, 0.29) is 6.10 Å². The predicted octanol–water partition coefficient (Wildman–Crippen LogP) is 4.17. The summed E-state index contributed by atoms with van der Waals surface area (Å²) in [6.45, 7) is 8.95. The molecule has 0 saturated heterocycles. The van der Waals surface area contributed by atoms with Gasteiger partial charge in [0, 0.05) is 0 Å². The lowest BCUT2D eigenvalue weighted by Crippen LogP contribution is -2.27. The van der Waals surface area contributed by atoms with E-state index in [1.165, 1.54) is 18.4 Å². The molecule has 1 heteroatoms. The number of aliphatic hydroxyl groups excluding tert-OH is 1. The van der Waals surface area contributed by atoms with Gasteiger partial charge in [-0.3, -0.25) is 0 Å². The molecule has 0 aliphatic heterocycles. The summed E-state index contributed by atoms with van der Waals surface area (Å²) in [6.07, 6.45) is 7.99. The molecule has 0 aromatic heterocycles. The Bertz CT molecular complexity index is 232. The molecule has 1 rings (SSSR count). The molecule has 16 heavy (non-hydrogen) atoms. The molecule has 1 aliphatic carbocycles. The van der Waals surface area contributed by atoms with Crippen molar-refractivity contribution in [2.75, 3.05) is 0 Å². The third-order valence-electron chi connectivity index (χ3n) is 3.80. The molecule has 0 fully saturated rings. The van der Waals surface area contributed by atoms with Crippen molar-refractivity contribution in [3.8, 4) is 0 Å². The van der Waals surface area contributed by atoms with Crippen molar-refractivity contribution in [2.45, 2.75) is 65.9 Å². The van der Waals surface area contributed by atoms with Crippen molar-refractivity contribution in [2.24, 2.45) is 17.8 Å². The van der Waals surface area contributed by atoms with Gasteiger partial charge in [-0.2, -0.15) is 0 Å². The first-order valence-corrected chi connectivity index (χ1v) is 6.88. The third kappa shape index (κ3) is 4.29. The van der Waals surface area contributed by atoms with E-state index in [2.05, 4.69) is 33.8 Å². The quantitative estimate of drug-likeness (QED) is 0.695. The second kappa shape index (κ2) is 6.44. The van der Waals surface area contributed by atoms with Crippen LogP contribution in [0.5, 0.6) is 0 Å². The summed E-state index contributed by atoms with van der Waals surface area (Å²) >= 11 is 0. The number of allylic oxidation sites excluding steroid dienone is 2. The van der Waals surface area contributed by atoms with Crippen molar-refractivity contribution < 1.29 is 5.11 Å². The molecule has 1 aliphatic rings. The normalized spacial score (nSPS) is 29.7. The highest BCUT2D eigenvalue weighted by molar-refractivity contribution is 5.07. The van der Waals surface area contributed by atoms with Gasteiger partial charge in [0.05, 0.1) is 6.10 Å². The van der Waals surface area contributed by atoms with Crippen LogP contribution in [0.25, 0.3) is 0 Å². The van der Waals surface area contributed by atoms with Crippen molar-refractivity contribution >= 4 is 0 Å². The fraction of sp³-hybridized carbons (Fsp3) is 0.867. The second-order valence-corrected chi connectivity index (χ2v) is 5.89. The minimum atomic E-state index is -0.0901. The molecular formula is C15H28O. The Morgan fingerprint density at radius 2 is 2.19 bits per heavy atom. The summed E-state index contributed by atoms with van der Waals surface area (Å²) in [7, 11) is 0. The summed E-state index contributed by atoms with van der Waals surface area (Å²) < 4.78 is 0. The van der Waals surface area contributed by atoms with Crippen LogP contribution in [0.15, 0.2) is 11.6 Å². The topological polar surface area (TPSA) is 20.2 Å². The van der Waals surface area contributed by atoms with Crippen LogP contribution in [0.4, 0.5) is 0 Å². The van der Waals surface area contributed by atoms with Crippen LogP contribution in [0, 0.1) is 17.8 Å². The first-order valence-electron chi connectivity index (χ1n) is 6.88. The van der Waals surface area contributed by atoms with Gasteiger partial charge in [0.15, 0.2) is 0 Å². The minimum absolute atomic E-state index is 0.0901. The number of rotatable bonds is 5. The molecule has 4 unspecified atom stereocenters. The molecular weight excluding hydrogens is 196 g/mol. The van der Waals surface area contributed by atoms with E-state index in [4.69, 9.17) is 0 Å². The lowest BCUT2D eigenvalue weighted by atomic mass is 9.78. The van der Waals surface area contributed by atoms with Crippen LogP contribution >= 0.6 is 0 Å². The molecule has 0 aromatic rings. The van der Waals surface area contributed by atoms with Gasteiger partial charge in [-0.1, -0.05) is 45.3 Å². The van der Waals surface area contributed by atoms with Crippen LogP contribution in [0.1, 0.15) is 59.8 Å². The van der Waals surface area contributed by atoms with Crippen LogP contribution in [-0.2, 0) is 0 Å². The maximum absolute atomic E-state index is 10.3. The van der Waals surface area contributed by atoms with Gasteiger partial charge < -0.3 is 5.11 Å². The smallest absolute Gasteiger partial charge is 0.0574 e. The van der Waals surface area contributed by atoms with E-state index >= 15 is 0 Å². The number of hydrogen-bond acceptors (Lipinski definition) is 1. The Labute approximate surface area is 101 Å². The number of aliphatic hydroxyl groups is 1. The van der Waals surface area contributed by atoms with Crippen molar-refractivity contribution in [3.63, 3.8) is 0 Å². The fourth-order valence-corrected chi connectivity index (χ4v) is 3.10. The predicted molar refractivity (Wildman–Crippen MR) is 70.3 cm³/mol. The van der Waals surface area contributed by atoms with Gasteiger partial charge in [-0.05, 0) is 43.9 Å². The highest BCUT2D eigenvalue weighted by Gasteiger charge is 2.25. The van der Waals surface area contributed by atoms with E-state index in [0.717, 1.165) is 19.3 Å². The molecule has 0 aromatic carbocycles. The second-order valence-electron chi connectivity index (χ2n) is 5.89. The molecule has 1 N–H and O–H groups in total. The Morgan fingerprint density at radius 3 is 2.75 bits per heavy atom. The zero-order valence-corrected chi connectivity index (χ0v) is 11.4. The molecule has 0 radical (unpaired) electrons. The molecule has 4 atom stereocenters. The van der Waals surface area contributed by atoms with E-state index in [1.54, 1.807) is 0 Å². The van der Waals surface area contributed by atoms with Crippen molar-refractivity contribution in [1.82, 2.24) is 0 Å². The Balaban J connectivity index is 2.42. The molecule has 0 amide bonds. The molecule has 1 nitrogen and oxygen atoms in total. The lowest BCUT2D eigenvalue weighted by Gasteiger charge is -2.30. The average molecular weight is 224 g/mol. The maximum Gasteiger partial charge on any atom is 0.0574 e. The van der Waals surface area contributed by atoms with Crippen molar-refractivity contribution in [1.29, 1.82) is 0 Å². The molecule has 0 spiro atoms. The highest BCUT2D eigenvalue weighted by Crippen LogP contribution is 2.32. The van der Waals surface area contributed by atoms with Gasteiger partial charge >= 0.3 is 0 Å². The molecule has 94 valence electrons. The first kappa shape index (κ1) is 13.8. The van der Waals surface area contributed by atoms with E-state index in [1.807, 2.05) is 0 Å². The first-order chi connectivity index (χ1) is 7.52. The zero-order chi connectivity index (χ0) is 12.1. The van der Waals surface area contributed by atoms with Crippen LogP contribution in [0.2, 0.25) is 0 Å². The lowest BCUT2D eigenvalue weighted by molar-refractivity contribution is 0.0702. The SMILES string of the molecule is CCCC(C)CC(O)C1CC(C)=CC(C)C1. The zero-order valence-electron chi connectivity index (χ0n) is 11.4. The summed E-state index contributed by atoms with van der Waals surface area (Å²) in [5, 5.41) is 10.3. The van der Waals surface area contributed by atoms with Crippen LogP contribution in [0.3, 0.4) is 0 Å². The van der Waals surface area contributed by atoms with Crippen molar-refractivity contribution in [3.05, 3.63) is 11.6 Å². The highest BCUT2D eigenvalue weighted by atomic mass is 16.3. The van der Waals surface area contributed by atoms with E-state index in [9.17, 15) is 5.11 Å². The summed E-state index contributed by atoms with van der Waals surface area (Å²) in [6, 6.07) is 0. The van der Waals surface area contributed by atoms with Gasteiger partial charge in [-0.15, -0.1) is 0 Å². The van der Waals surface area contributed by atoms with Gasteiger partial charge in [-0.25, -0.2) is 0 Å². The summed E-state index contributed by atoms with van der Waals surface area (Å²) in [5.41, 5.74) is 1.46. The van der Waals surface area contributed by atoms with Crippen LogP contribution < -0.4 is 0 Å². The third-order valence-corrected chi connectivity index (χ3v) is 3.80. The van der Waals surface area contributed by atoms with E-state index in [0.29, 0.717) is 17.8 Å². The summed E-state index contributed by atoms with van der Waals surface area (Å²) in [4.78, 5) is 0. The fourth-order valence-electron chi connectivity index (χ4n) is 3.10. The Hall–Kier alpha value is -0.300. The number of hydrogen-bond donors (Lipinski definition) is 1. The van der Waals surface area contributed by atoms with Crippen LogP contribution in [-0.4, -0.2) is 11.2 Å². The van der Waals surface area contributed by atoms with Gasteiger partial charge in [0.1, 0.15) is 0 Å². The summed E-state index contributed by atoms with van der Waals surface area (Å²) in [5.74, 6) is 1.82. The molecule has 0 bridgehead atoms. The standard InChI is InChI=1S/C15H28O/c1-5-6-11(2)10-15(16)14-8-12(3)7-13(4)9-14/h7,11-12,14-16H,5-6,8-10H2,1-4H3. The Kier molecular flexibility index (Phi) is 5.54. The van der Waals surface area contributed by atoms with Gasteiger partial charge in [0.2, 0.25) is 0 Å². The van der Waals surface area contributed by atoms with Gasteiger partial charge in [0.25, 0.3) is 0 Å². The molecule has 0 heterocycles. The Morgan fingerprint density at radius 1 is 1.50 bits per heavy atom. The monoisotopic (exact) mass is 224 g/mol. The largest absolute Gasteiger partial charge is 0.393 e.